The van der Waals surface area contributed by atoms with Crippen LogP contribution in [0.2, 0.25) is 0 Å². The number of rotatable bonds is 7. The molecule has 1 aromatic carbocycles. The van der Waals surface area contributed by atoms with Crippen molar-refractivity contribution in [3.05, 3.63) is 65.6 Å². The molecule has 0 aliphatic heterocycles. The summed E-state index contributed by atoms with van der Waals surface area (Å²) in [5, 5.41) is 6.78. The third-order valence-electron chi connectivity index (χ3n) is 4.10. The van der Waals surface area contributed by atoms with Gasteiger partial charge in [-0.05, 0) is 36.6 Å². The van der Waals surface area contributed by atoms with Crippen LogP contribution in [0.15, 0.2) is 48.7 Å². The lowest BCUT2D eigenvalue weighted by Crippen LogP contribution is -2.29. The van der Waals surface area contributed by atoms with E-state index in [2.05, 4.69) is 26.7 Å². The molecule has 0 fully saturated rings. The van der Waals surface area contributed by atoms with Gasteiger partial charge < -0.3 is 15.6 Å². The molecule has 2 heterocycles. The van der Waals surface area contributed by atoms with Crippen molar-refractivity contribution in [3.63, 3.8) is 0 Å². The summed E-state index contributed by atoms with van der Waals surface area (Å²) >= 11 is 0. The fourth-order valence-corrected chi connectivity index (χ4v) is 2.76. The monoisotopic (exact) mass is 350 g/mol. The van der Waals surface area contributed by atoms with Crippen molar-refractivity contribution in [2.45, 2.75) is 19.8 Å². The van der Waals surface area contributed by atoms with Gasteiger partial charge in [0, 0.05) is 30.2 Å². The number of H-pyrrole nitrogens is 1. The molecule has 0 aliphatic carbocycles. The van der Waals surface area contributed by atoms with E-state index in [0.29, 0.717) is 19.5 Å². The minimum atomic E-state index is -0.282. The van der Waals surface area contributed by atoms with Gasteiger partial charge >= 0.3 is 0 Å². The lowest BCUT2D eigenvalue weighted by molar-refractivity contribution is 0.0944. The number of fused-ring (bicyclic) bond motifs is 1. The lowest BCUT2D eigenvalue weighted by atomic mass is 10.1. The van der Waals surface area contributed by atoms with Crippen LogP contribution in [-0.2, 0) is 6.42 Å². The summed E-state index contributed by atoms with van der Waals surface area (Å²) in [5.74, 6) is -0.546. The lowest BCUT2D eigenvalue weighted by Gasteiger charge is -2.07. The van der Waals surface area contributed by atoms with Crippen LogP contribution in [0.1, 0.15) is 39.9 Å². The van der Waals surface area contributed by atoms with Crippen molar-refractivity contribution in [2.75, 3.05) is 13.1 Å². The molecule has 3 rings (SSSR count). The Kier molecular flexibility index (Phi) is 5.63. The van der Waals surface area contributed by atoms with Crippen LogP contribution < -0.4 is 10.6 Å². The molecule has 6 heteroatoms. The Balaban J connectivity index is 1.59. The molecule has 0 unspecified atom stereocenters. The van der Waals surface area contributed by atoms with Crippen LogP contribution in [0.4, 0.5) is 0 Å². The van der Waals surface area contributed by atoms with Crippen LogP contribution in [0, 0.1) is 0 Å². The van der Waals surface area contributed by atoms with Gasteiger partial charge in [0.05, 0.1) is 0 Å². The highest BCUT2D eigenvalue weighted by atomic mass is 16.2. The van der Waals surface area contributed by atoms with Crippen LogP contribution in [0.5, 0.6) is 0 Å². The Morgan fingerprint density at radius 2 is 1.65 bits per heavy atom. The van der Waals surface area contributed by atoms with E-state index in [1.807, 2.05) is 31.3 Å². The zero-order chi connectivity index (χ0) is 18.4. The Morgan fingerprint density at radius 3 is 2.38 bits per heavy atom. The van der Waals surface area contributed by atoms with Gasteiger partial charge in [-0.3, -0.25) is 9.59 Å². The maximum atomic E-state index is 12.3. The minimum absolute atomic E-state index is 0.244. The summed E-state index contributed by atoms with van der Waals surface area (Å²) in [6.45, 7) is 3.06. The third kappa shape index (κ3) is 4.08. The van der Waals surface area contributed by atoms with Crippen molar-refractivity contribution in [1.29, 1.82) is 0 Å². The molecule has 26 heavy (non-hydrogen) atoms. The molecule has 0 atom stereocenters. The minimum Gasteiger partial charge on any atom is -0.361 e. The molecule has 0 saturated heterocycles. The summed E-state index contributed by atoms with van der Waals surface area (Å²) in [6.07, 6.45) is 3.53. The van der Waals surface area contributed by atoms with E-state index >= 15 is 0 Å². The first kappa shape index (κ1) is 17.7. The number of aromatic amines is 1. The topological polar surface area (TPSA) is 86.9 Å². The van der Waals surface area contributed by atoms with Gasteiger partial charge in [-0.15, -0.1) is 0 Å². The SMILES string of the molecule is CCCNC(=O)c1cccc(C(=O)NCCc2c[nH]c3ccccc23)n1. The molecular formula is C20H22N4O2. The standard InChI is InChI=1S/C20H22N4O2/c1-2-11-21-19(25)17-8-5-9-18(24-17)20(26)22-12-10-14-13-23-16-7-4-3-6-15(14)16/h3-9,13,23H,2,10-12H2,1H3,(H,21,25)(H,22,26). The van der Waals surface area contributed by atoms with Gasteiger partial charge in [0.2, 0.25) is 0 Å². The van der Waals surface area contributed by atoms with E-state index in [0.717, 1.165) is 22.9 Å². The van der Waals surface area contributed by atoms with Crippen molar-refractivity contribution >= 4 is 22.7 Å². The predicted molar refractivity (Wildman–Crippen MR) is 101 cm³/mol. The van der Waals surface area contributed by atoms with E-state index in [4.69, 9.17) is 0 Å². The second kappa shape index (κ2) is 8.29. The number of amides is 2. The smallest absolute Gasteiger partial charge is 0.269 e. The van der Waals surface area contributed by atoms with Crippen molar-refractivity contribution in [1.82, 2.24) is 20.6 Å². The molecule has 3 aromatic rings. The molecule has 0 aliphatic rings. The van der Waals surface area contributed by atoms with Crippen LogP contribution >= 0.6 is 0 Å². The van der Waals surface area contributed by atoms with Crippen LogP contribution in [0.3, 0.4) is 0 Å². The second-order valence-corrected chi connectivity index (χ2v) is 6.03. The van der Waals surface area contributed by atoms with Gasteiger partial charge in [-0.25, -0.2) is 4.98 Å². The summed E-state index contributed by atoms with van der Waals surface area (Å²) in [7, 11) is 0. The fraction of sp³-hybridized carbons (Fsp3) is 0.250. The number of aromatic nitrogens is 2. The van der Waals surface area contributed by atoms with Crippen LogP contribution in [0.25, 0.3) is 10.9 Å². The number of hydrogen-bond acceptors (Lipinski definition) is 3. The summed E-state index contributed by atoms with van der Waals surface area (Å²) in [4.78, 5) is 31.7. The third-order valence-corrected chi connectivity index (χ3v) is 4.10. The average Bonchev–Trinajstić information content (AvgIpc) is 3.09. The zero-order valence-electron chi connectivity index (χ0n) is 14.7. The molecular weight excluding hydrogens is 328 g/mol. The number of carbonyl (C=O) groups excluding carboxylic acids is 2. The number of carbonyl (C=O) groups is 2. The quantitative estimate of drug-likeness (QED) is 0.612. The molecule has 134 valence electrons. The molecule has 3 N–H and O–H groups in total. The highest BCUT2D eigenvalue weighted by molar-refractivity contribution is 5.96. The van der Waals surface area contributed by atoms with E-state index in [-0.39, 0.29) is 23.2 Å². The molecule has 0 saturated carbocycles. The highest BCUT2D eigenvalue weighted by Gasteiger charge is 2.12. The molecule has 2 aromatic heterocycles. The van der Waals surface area contributed by atoms with Crippen molar-refractivity contribution in [3.8, 4) is 0 Å². The Labute approximate surface area is 152 Å². The number of hydrogen-bond donors (Lipinski definition) is 3. The molecule has 2 amide bonds. The van der Waals surface area contributed by atoms with Crippen LogP contribution in [-0.4, -0.2) is 34.9 Å². The van der Waals surface area contributed by atoms with Gasteiger partial charge in [0.1, 0.15) is 11.4 Å². The molecule has 0 bridgehead atoms. The first-order chi connectivity index (χ1) is 12.7. The average molecular weight is 350 g/mol. The number of pyridine rings is 1. The van der Waals surface area contributed by atoms with Crippen molar-refractivity contribution in [2.24, 2.45) is 0 Å². The summed E-state index contributed by atoms with van der Waals surface area (Å²) in [6, 6.07) is 12.9. The van der Waals surface area contributed by atoms with Gasteiger partial charge in [-0.1, -0.05) is 31.2 Å². The Hall–Kier alpha value is -3.15. The number of benzene rings is 1. The Morgan fingerprint density at radius 1 is 0.962 bits per heavy atom. The maximum Gasteiger partial charge on any atom is 0.269 e. The maximum absolute atomic E-state index is 12.3. The molecule has 6 nitrogen and oxygen atoms in total. The number of para-hydroxylation sites is 1. The summed E-state index contributed by atoms with van der Waals surface area (Å²) in [5.41, 5.74) is 2.73. The predicted octanol–water partition coefficient (Wildman–Crippen LogP) is 2.68. The van der Waals surface area contributed by atoms with Crippen molar-refractivity contribution < 1.29 is 9.59 Å². The number of nitrogens with zero attached hydrogens (tertiary/aromatic N) is 1. The van der Waals surface area contributed by atoms with E-state index < -0.39 is 0 Å². The number of nitrogens with one attached hydrogen (secondary N) is 3. The van der Waals surface area contributed by atoms with E-state index in [9.17, 15) is 9.59 Å². The Bertz CT molecular complexity index is 917. The van der Waals surface area contributed by atoms with Gasteiger partial charge in [0.25, 0.3) is 11.8 Å². The van der Waals surface area contributed by atoms with Gasteiger partial charge in [-0.2, -0.15) is 0 Å². The zero-order valence-corrected chi connectivity index (χ0v) is 14.7. The van der Waals surface area contributed by atoms with E-state index in [1.165, 1.54) is 0 Å². The van der Waals surface area contributed by atoms with E-state index in [1.54, 1.807) is 18.2 Å². The fourth-order valence-electron chi connectivity index (χ4n) is 2.76. The molecule has 0 radical (unpaired) electrons. The normalized spacial score (nSPS) is 10.7. The molecule has 0 spiro atoms. The van der Waals surface area contributed by atoms with Gasteiger partial charge in [0.15, 0.2) is 0 Å². The second-order valence-electron chi connectivity index (χ2n) is 6.03. The first-order valence-electron chi connectivity index (χ1n) is 8.77. The largest absolute Gasteiger partial charge is 0.361 e. The first-order valence-corrected chi connectivity index (χ1v) is 8.77. The highest BCUT2D eigenvalue weighted by Crippen LogP contribution is 2.17. The summed E-state index contributed by atoms with van der Waals surface area (Å²) < 4.78 is 0.